The third-order valence-electron chi connectivity index (χ3n) is 2.34. The van der Waals surface area contributed by atoms with Crippen molar-refractivity contribution >= 4 is 5.97 Å². The number of halogens is 4. The molecular formula is C11H11F4NO2. The molecule has 0 radical (unpaired) electrons. The van der Waals surface area contributed by atoms with Gasteiger partial charge >= 0.3 is 12.1 Å². The standard InChI is InChI=1S/C11H11F4NO2/c1-18-10(17)5-9(16)7-3-2-6(4-8(7)12)11(13,14)15/h2-4,9H,5,16H2,1H3/t9-/m1/s1. The number of carbonyl (C=O) groups is 1. The molecule has 100 valence electrons. The number of esters is 1. The fraction of sp³-hybridized carbons (Fsp3) is 0.364. The van der Waals surface area contributed by atoms with Crippen molar-refractivity contribution in [2.45, 2.75) is 18.6 Å². The minimum atomic E-state index is -4.62. The summed E-state index contributed by atoms with van der Waals surface area (Å²) < 4.78 is 54.7. The van der Waals surface area contributed by atoms with E-state index in [1.165, 1.54) is 0 Å². The largest absolute Gasteiger partial charge is 0.469 e. The first kappa shape index (κ1) is 14.4. The maximum atomic E-state index is 13.5. The molecule has 0 aromatic heterocycles. The lowest BCUT2D eigenvalue weighted by Gasteiger charge is -2.13. The highest BCUT2D eigenvalue weighted by atomic mass is 19.4. The van der Waals surface area contributed by atoms with E-state index < -0.39 is 29.6 Å². The van der Waals surface area contributed by atoms with Gasteiger partial charge in [-0.2, -0.15) is 13.2 Å². The smallest absolute Gasteiger partial charge is 0.416 e. The normalized spacial score (nSPS) is 13.2. The molecular weight excluding hydrogens is 254 g/mol. The molecule has 0 saturated heterocycles. The maximum absolute atomic E-state index is 13.5. The van der Waals surface area contributed by atoms with Crippen LogP contribution in [0.2, 0.25) is 0 Å². The van der Waals surface area contributed by atoms with Crippen molar-refractivity contribution in [2.75, 3.05) is 7.11 Å². The van der Waals surface area contributed by atoms with E-state index in [0.717, 1.165) is 19.2 Å². The van der Waals surface area contributed by atoms with Gasteiger partial charge in [0.1, 0.15) is 5.82 Å². The summed E-state index contributed by atoms with van der Waals surface area (Å²) in [5, 5.41) is 0. The van der Waals surface area contributed by atoms with E-state index in [4.69, 9.17) is 5.73 Å². The summed E-state index contributed by atoms with van der Waals surface area (Å²) in [6.07, 6.45) is -4.93. The van der Waals surface area contributed by atoms with Crippen LogP contribution in [0.4, 0.5) is 17.6 Å². The Hall–Kier alpha value is -1.63. The second kappa shape index (κ2) is 5.34. The summed E-state index contributed by atoms with van der Waals surface area (Å²) in [4.78, 5) is 10.9. The third-order valence-corrected chi connectivity index (χ3v) is 2.34. The predicted octanol–water partition coefficient (Wildman–Crippen LogP) is 2.41. The van der Waals surface area contributed by atoms with Crippen molar-refractivity contribution in [2.24, 2.45) is 5.73 Å². The van der Waals surface area contributed by atoms with Crippen molar-refractivity contribution in [3.63, 3.8) is 0 Å². The highest BCUT2D eigenvalue weighted by Gasteiger charge is 2.31. The Morgan fingerprint density at radius 3 is 2.50 bits per heavy atom. The number of rotatable bonds is 3. The zero-order chi connectivity index (χ0) is 13.9. The Bertz CT molecular complexity index is 445. The van der Waals surface area contributed by atoms with Crippen LogP contribution in [-0.2, 0) is 15.7 Å². The Balaban J connectivity index is 2.95. The molecule has 0 spiro atoms. The lowest BCUT2D eigenvalue weighted by molar-refractivity contribution is -0.141. The van der Waals surface area contributed by atoms with E-state index in [1.807, 2.05) is 0 Å². The van der Waals surface area contributed by atoms with Crippen LogP contribution in [0.5, 0.6) is 0 Å². The summed E-state index contributed by atoms with van der Waals surface area (Å²) in [7, 11) is 1.14. The van der Waals surface area contributed by atoms with Crippen molar-refractivity contribution in [1.82, 2.24) is 0 Å². The topological polar surface area (TPSA) is 52.3 Å². The SMILES string of the molecule is COC(=O)C[C@@H](N)c1ccc(C(F)(F)F)cc1F. The van der Waals surface area contributed by atoms with Crippen LogP contribution < -0.4 is 5.73 Å². The molecule has 7 heteroatoms. The molecule has 1 aromatic rings. The fourth-order valence-corrected chi connectivity index (χ4v) is 1.38. The van der Waals surface area contributed by atoms with Gasteiger partial charge in [-0.1, -0.05) is 6.07 Å². The lowest BCUT2D eigenvalue weighted by Crippen LogP contribution is -2.18. The Morgan fingerprint density at radius 1 is 1.44 bits per heavy atom. The van der Waals surface area contributed by atoms with Crippen molar-refractivity contribution in [3.8, 4) is 0 Å². The molecule has 2 N–H and O–H groups in total. The second-order valence-electron chi connectivity index (χ2n) is 3.62. The van der Waals surface area contributed by atoms with E-state index in [0.29, 0.717) is 6.07 Å². The minimum Gasteiger partial charge on any atom is -0.469 e. The zero-order valence-electron chi connectivity index (χ0n) is 9.42. The number of nitrogens with two attached hydrogens (primary N) is 1. The Kier molecular flexibility index (Phi) is 4.28. The van der Waals surface area contributed by atoms with E-state index in [2.05, 4.69) is 4.74 Å². The van der Waals surface area contributed by atoms with Gasteiger partial charge in [0, 0.05) is 11.6 Å². The van der Waals surface area contributed by atoms with E-state index in [9.17, 15) is 22.4 Å². The van der Waals surface area contributed by atoms with Crippen LogP contribution in [0.15, 0.2) is 18.2 Å². The average molecular weight is 265 g/mol. The number of methoxy groups -OCH3 is 1. The van der Waals surface area contributed by atoms with E-state index in [-0.39, 0.29) is 12.0 Å². The zero-order valence-corrected chi connectivity index (χ0v) is 9.42. The molecule has 3 nitrogen and oxygen atoms in total. The van der Waals surface area contributed by atoms with Crippen LogP contribution >= 0.6 is 0 Å². The van der Waals surface area contributed by atoms with Gasteiger partial charge in [-0.15, -0.1) is 0 Å². The molecule has 0 aliphatic carbocycles. The van der Waals surface area contributed by atoms with Gasteiger partial charge in [-0.05, 0) is 12.1 Å². The molecule has 1 atom stereocenters. The molecule has 1 rings (SSSR count). The molecule has 1 aromatic carbocycles. The molecule has 0 saturated carbocycles. The molecule has 0 fully saturated rings. The summed E-state index contributed by atoms with van der Waals surface area (Å²) in [5.74, 6) is -1.76. The number of hydrogen-bond donors (Lipinski definition) is 1. The second-order valence-corrected chi connectivity index (χ2v) is 3.62. The molecule has 0 bridgehead atoms. The first-order valence-corrected chi connectivity index (χ1v) is 4.94. The summed E-state index contributed by atoms with van der Waals surface area (Å²) in [6, 6.07) is 0.952. The molecule has 0 aliphatic rings. The van der Waals surface area contributed by atoms with Crippen LogP contribution in [0.1, 0.15) is 23.6 Å². The summed E-state index contributed by atoms with van der Waals surface area (Å²) in [5.41, 5.74) is 4.25. The van der Waals surface area contributed by atoms with Gasteiger partial charge in [-0.3, -0.25) is 4.79 Å². The number of hydrogen-bond acceptors (Lipinski definition) is 3. The summed E-state index contributed by atoms with van der Waals surface area (Å²) >= 11 is 0. The number of ether oxygens (including phenoxy) is 1. The lowest BCUT2D eigenvalue weighted by atomic mass is 10.0. The van der Waals surface area contributed by atoms with Crippen molar-refractivity contribution in [1.29, 1.82) is 0 Å². The monoisotopic (exact) mass is 265 g/mol. The summed E-state index contributed by atoms with van der Waals surface area (Å²) in [6.45, 7) is 0. The quantitative estimate of drug-likeness (QED) is 0.674. The number of alkyl halides is 3. The molecule has 0 aliphatic heterocycles. The molecule has 18 heavy (non-hydrogen) atoms. The highest BCUT2D eigenvalue weighted by molar-refractivity contribution is 5.70. The predicted molar refractivity (Wildman–Crippen MR) is 55.0 cm³/mol. The van der Waals surface area contributed by atoms with Gasteiger partial charge in [0.25, 0.3) is 0 Å². The number of benzene rings is 1. The van der Waals surface area contributed by atoms with E-state index in [1.54, 1.807) is 0 Å². The fourth-order valence-electron chi connectivity index (χ4n) is 1.38. The highest BCUT2D eigenvalue weighted by Crippen LogP contribution is 2.31. The minimum absolute atomic E-state index is 0.159. The van der Waals surface area contributed by atoms with Gasteiger partial charge in [0.2, 0.25) is 0 Å². The molecule has 0 unspecified atom stereocenters. The first-order valence-electron chi connectivity index (χ1n) is 4.94. The maximum Gasteiger partial charge on any atom is 0.416 e. The van der Waals surface area contributed by atoms with Crippen LogP contribution in [0.25, 0.3) is 0 Å². The van der Waals surface area contributed by atoms with Gasteiger partial charge < -0.3 is 10.5 Å². The van der Waals surface area contributed by atoms with E-state index >= 15 is 0 Å². The average Bonchev–Trinajstić information content (AvgIpc) is 2.27. The van der Waals surface area contributed by atoms with Crippen LogP contribution in [0.3, 0.4) is 0 Å². The first-order chi connectivity index (χ1) is 8.25. The number of carbonyl (C=O) groups excluding carboxylic acids is 1. The van der Waals surface area contributed by atoms with Gasteiger partial charge in [0.15, 0.2) is 0 Å². The Morgan fingerprint density at radius 2 is 2.06 bits per heavy atom. The van der Waals surface area contributed by atoms with Gasteiger partial charge in [0.05, 0.1) is 19.1 Å². The molecule has 0 heterocycles. The van der Waals surface area contributed by atoms with Gasteiger partial charge in [-0.25, -0.2) is 4.39 Å². The molecule has 0 amide bonds. The van der Waals surface area contributed by atoms with Crippen LogP contribution in [-0.4, -0.2) is 13.1 Å². The van der Waals surface area contributed by atoms with Crippen LogP contribution in [0, 0.1) is 5.82 Å². The van der Waals surface area contributed by atoms with Crippen molar-refractivity contribution < 1.29 is 27.1 Å². The Labute approximate surface area is 101 Å². The van der Waals surface area contributed by atoms with Crippen molar-refractivity contribution in [3.05, 3.63) is 35.1 Å². The third kappa shape index (κ3) is 3.43.